The van der Waals surface area contributed by atoms with E-state index in [4.69, 9.17) is 14.9 Å². The molecule has 1 unspecified atom stereocenters. The molecule has 4 nitrogen and oxygen atoms in total. The Kier molecular flexibility index (Phi) is 2.11. The molecule has 1 aromatic carbocycles. The molecule has 1 fully saturated rings. The minimum Gasteiger partial charge on any atom is -0.494 e. The number of ether oxygens (including phenoxy) is 1. The van der Waals surface area contributed by atoms with Crippen molar-refractivity contribution < 1.29 is 9.15 Å². The van der Waals surface area contributed by atoms with Gasteiger partial charge in [0.2, 0.25) is 5.89 Å². The zero-order valence-electron chi connectivity index (χ0n) is 9.14. The number of methoxy groups -OCH3 is 1. The number of nitrogens with two attached hydrogens (primary N) is 1. The molecule has 1 aliphatic rings. The maximum Gasteiger partial charge on any atom is 0.212 e. The summed E-state index contributed by atoms with van der Waals surface area (Å²) in [6.45, 7) is 0. The summed E-state index contributed by atoms with van der Waals surface area (Å²) in [6, 6.07) is 5.57. The van der Waals surface area contributed by atoms with Crippen LogP contribution in [-0.2, 0) is 0 Å². The van der Waals surface area contributed by atoms with Gasteiger partial charge in [0.1, 0.15) is 5.75 Å². The minimum absolute atomic E-state index is 0.0721. The van der Waals surface area contributed by atoms with Crippen molar-refractivity contribution in [3.63, 3.8) is 0 Å². The second-order valence-corrected chi connectivity index (χ2v) is 4.22. The lowest BCUT2D eigenvalue weighted by atomic mass is 10.2. The fraction of sp³-hybridized carbons (Fsp3) is 0.417. The summed E-state index contributed by atoms with van der Waals surface area (Å²) < 4.78 is 10.9. The molecule has 0 bridgehead atoms. The summed E-state index contributed by atoms with van der Waals surface area (Å²) in [5.74, 6) is 1.90. The second-order valence-electron chi connectivity index (χ2n) is 4.22. The van der Waals surface area contributed by atoms with E-state index in [1.165, 1.54) is 12.8 Å². The van der Waals surface area contributed by atoms with Gasteiger partial charge in [-0.25, -0.2) is 4.98 Å². The molecule has 84 valence electrons. The Hall–Kier alpha value is -1.55. The fourth-order valence-electron chi connectivity index (χ4n) is 1.90. The minimum atomic E-state index is -0.0721. The van der Waals surface area contributed by atoms with Crippen molar-refractivity contribution in [3.05, 3.63) is 24.1 Å². The predicted molar refractivity (Wildman–Crippen MR) is 60.2 cm³/mol. The Morgan fingerprint density at radius 1 is 1.50 bits per heavy atom. The molecule has 0 aliphatic heterocycles. The first-order valence-electron chi connectivity index (χ1n) is 5.48. The topological polar surface area (TPSA) is 61.3 Å². The number of hydrogen-bond acceptors (Lipinski definition) is 4. The lowest BCUT2D eigenvalue weighted by Gasteiger charge is -2.02. The van der Waals surface area contributed by atoms with Crippen molar-refractivity contribution in [2.75, 3.05) is 7.11 Å². The molecule has 1 aliphatic carbocycles. The zero-order valence-corrected chi connectivity index (χ0v) is 9.14. The molecule has 0 amide bonds. The standard InChI is InChI=1S/C12H14N2O2/c1-15-8-3-2-4-9-11(8)14-12(16-9)10(13)7-5-6-7/h2-4,7,10H,5-6,13H2,1H3. The van der Waals surface area contributed by atoms with Crippen molar-refractivity contribution in [1.29, 1.82) is 0 Å². The van der Waals surface area contributed by atoms with Crippen LogP contribution in [0.4, 0.5) is 0 Å². The smallest absolute Gasteiger partial charge is 0.212 e. The van der Waals surface area contributed by atoms with Gasteiger partial charge in [-0.2, -0.15) is 0 Å². The summed E-state index contributed by atoms with van der Waals surface area (Å²) >= 11 is 0. The molecule has 0 saturated heterocycles. The molecule has 2 N–H and O–H groups in total. The van der Waals surface area contributed by atoms with Crippen molar-refractivity contribution in [3.8, 4) is 5.75 Å². The van der Waals surface area contributed by atoms with Crippen LogP contribution in [0.1, 0.15) is 24.8 Å². The molecular weight excluding hydrogens is 204 g/mol. The SMILES string of the molecule is COc1cccc2oc(C(N)C3CC3)nc12. The molecule has 1 saturated carbocycles. The molecule has 1 heterocycles. The zero-order chi connectivity index (χ0) is 11.1. The van der Waals surface area contributed by atoms with Crippen LogP contribution >= 0.6 is 0 Å². The third-order valence-corrected chi connectivity index (χ3v) is 3.03. The molecule has 1 aromatic heterocycles. The van der Waals surface area contributed by atoms with Crippen LogP contribution in [0.25, 0.3) is 11.1 Å². The molecule has 0 radical (unpaired) electrons. The summed E-state index contributed by atoms with van der Waals surface area (Å²) in [5.41, 5.74) is 7.56. The van der Waals surface area contributed by atoms with E-state index in [0.29, 0.717) is 11.8 Å². The third-order valence-electron chi connectivity index (χ3n) is 3.03. The van der Waals surface area contributed by atoms with Gasteiger partial charge < -0.3 is 14.9 Å². The first-order valence-corrected chi connectivity index (χ1v) is 5.48. The van der Waals surface area contributed by atoms with Crippen LogP contribution in [0.15, 0.2) is 22.6 Å². The van der Waals surface area contributed by atoms with Crippen LogP contribution in [0.3, 0.4) is 0 Å². The van der Waals surface area contributed by atoms with E-state index in [-0.39, 0.29) is 6.04 Å². The maximum absolute atomic E-state index is 6.06. The molecule has 1 atom stereocenters. The summed E-state index contributed by atoms with van der Waals surface area (Å²) in [5, 5.41) is 0. The summed E-state index contributed by atoms with van der Waals surface area (Å²) in [7, 11) is 1.63. The normalized spacial score (nSPS) is 17.6. The van der Waals surface area contributed by atoms with E-state index in [9.17, 15) is 0 Å². The number of hydrogen-bond donors (Lipinski definition) is 1. The largest absolute Gasteiger partial charge is 0.494 e. The summed E-state index contributed by atoms with van der Waals surface area (Å²) in [6.07, 6.45) is 2.36. The Balaban J connectivity index is 2.07. The van der Waals surface area contributed by atoms with Crippen molar-refractivity contribution in [2.24, 2.45) is 11.7 Å². The quantitative estimate of drug-likeness (QED) is 0.858. The lowest BCUT2D eigenvalue weighted by molar-refractivity contribution is 0.419. The molecule has 16 heavy (non-hydrogen) atoms. The van der Waals surface area contributed by atoms with E-state index in [2.05, 4.69) is 4.98 Å². The Morgan fingerprint density at radius 2 is 2.31 bits per heavy atom. The summed E-state index contributed by atoms with van der Waals surface area (Å²) in [4.78, 5) is 4.43. The average Bonchev–Trinajstić information content (AvgIpc) is 3.06. The van der Waals surface area contributed by atoms with Gasteiger partial charge in [-0.1, -0.05) is 6.07 Å². The van der Waals surface area contributed by atoms with Gasteiger partial charge >= 0.3 is 0 Å². The van der Waals surface area contributed by atoms with Crippen molar-refractivity contribution in [2.45, 2.75) is 18.9 Å². The second kappa shape index (κ2) is 3.49. The van der Waals surface area contributed by atoms with E-state index >= 15 is 0 Å². The van der Waals surface area contributed by atoms with Crippen molar-refractivity contribution >= 4 is 11.1 Å². The lowest BCUT2D eigenvalue weighted by Crippen LogP contribution is -2.12. The number of para-hydroxylation sites is 1. The monoisotopic (exact) mass is 218 g/mol. The third kappa shape index (κ3) is 1.46. The van der Waals surface area contributed by atoms with Gasteiger partial charge in [-0.05, 0) is 30.9 Å². The first-order chi connectivity index (χ1) is 7.79. The molecule has 0 spiro atoms. The number of fused-ring (bicyclic) bond motifs is 1. The van der Waals surface area contributed by atoms with Crippen LogP contribution in [0.5, 0.6) is 5.75 Å². The molecule has 3 rings (SSSR count). The van der Waals surface area contributed by atoms with Gasteiger partial charge in [-0.3, -0.25) is 0 Å². The van der Waals surface area contributed by atoms with Crippen LogP contribution in [0.2, 0.25) is 0 Å². The van der Waals surface area contributed by atoms with Gasteiger partial charge in [0.25, 0.3) is 0 Å². The van der Waals surface area contributed by atoms with E-state index < -0.39 is 0 Å². The number of nitrogens with zero attached hydrogens (tertiary/aromatic N) is 1. The number of benzene rings is 1. The van der Waals surface area contributed by atoms with E-state index in [0.717, 1.165) is 16.8 Å². The fourth-order valence-corrected chi connectivity index (χ4v) is 1.90. The van der Waals surface area contributed by atoms with E-state index in [1.54, 1.807) is 7.11 Å². The molecule has 2 aromatic rings. The van der Waals surface area contributed by atoms with Crippen LogP contribution in [-0.4, -0.2) is 12.1 Å². The Morgan fingerprint density at radius 3 is 3.00 bits per heavy atom. The molecule has 4 heteroatoms. The maximum atomic E-state index is 6.06. The van der Waals surface area contributed by atoms with E-state index in [1.807, 2.05) is 18.2 Å². The highest BCUT2D eigenvalue weighted by Gasteiger charge is 2.32. The van der Waals surface area contributed by atoms with Gasteiger partial charge in [0.05, 0.1) is 13.2 Å². The van der Waals surface area contributed by atoms with Crippen LogP contribution < -0.4 is 10.5 Å². The van der Waals surface area contributed by atoms with Gasteiger partial charge in [-0.15, -0.1) is 0 Å². The Labute approximate surface area is 93.4 Å². The highest BCUT2D eigenvalue weighted by molar-refractivity contribution is 5.79. The Bertz CT molecular complexity index is 517. The number of oxazole rings is 1. The number of aromatic nitrogens is 1. The highest BCUT2D eigenvalue weighted by atomic mass is 16.5. The molecular formula is C12H14N2O2. The average molecular weight is 218 g/mol. The predicted octanol–water partition coefficient (Wildman–Crippen LogP) is 2.25. The van der Waals surface area contributed by atoms with Gasteiger partial charge in [0, 0.05) is 0 Å². The van der Waals surface area contributed by atoms with Crippen LogP contribution in [0, 0.1) is 5.92 Å². The first kappa shape index (κ1) is 9.66. The highest BCUT2D eigenvalue weighted by Crippen LogP contribution is 2.40. The van der Waals surface area contributed by atoms with Crippen molar-refractivity contribution in [1.82, 2.24) is 4.98 Å². The number of rotatable bonds is 3. The van der Waals surface area contributed by atoms with Gasteiger partial charge in [0.15, 0.2) is 11.1 Å².